The van der Waals surface area contributed by atoms with Crippen molar-refractivity contribution in [2.75, 3.05) is 39.9 Å². The number of piperidine rings is 1. The van der Waals surface area contributed by atoms with E-state index in [9.17, 15) is 9.59 Å². The van der Waals surface area contributed by atoms with Gasteiger partial charge < -0.3 is 20.7 Å². The third-order valence-corrected chi connectivity index (χ3v) is 6.42. The molecule has 0 radical (unpaired) electrons. The van der Waals surface area contributed by atoms with Crippen LogP contribution in [0.25, 0.3) is 0 Å². The van der Waals surface area contributed by atoms with E-state index in [1.165, 1.54) is 12.7 Å². The molecule has 0 aromatic heterocycles. The van der Waals surface area contributed by atoms with E-state index < -0.39 is 6.04 Å². The molecule has 186 valence electrons. The van der Waals surface area contributed by atoms with E-state index in [0.717, 1.165) is 24.9 Å². The zero-order chi connectivity index (χ0) is 25.0. The number of benzene rings is 2. The van der Waals surface area contributed by atoms with E-state index in [0.29, 0.717) is 38.2 Å². The molecule has 8 nitrogen and oxygen atoms in total. The first-order chi connectivity index (χ1) is 17.0. The predicted octanol–water partition coefficient (Wildman–Crippen LogP) is 1.68. The summed E-state index contributed by atoms with van der Waals surface area (Å²) in [4.78, 5) is 29.7. The number of hydrogen-bond acceptors (Lipinski definition) is 6. The molecule has 1 unspecified atom stereocenters. The maximum absolute atomic E-state index is 13.0. The third-order valence-electron chi connectivity index (χ3n) is 6.42. The van der Waals surface area contributed by atoms with Gasteiger partial charge in [-0.05, 0) is 42.5 Å². The van der Waals surface area contributed by atoms with Crippen LogP contribution < -0.4 is 11.1 Å². The number of amides is 2. The molecule has 1 aliphatic heterocycles. The van der Waals surface area contributed by atoms with Crippen molar-refractivity contribution in [1.29, 1.82) is 5.26 Å². The third kappa shape index (κ3) is 7.62. The number of carbonyl (C=O) groups is 2. The second kappa shape index (κ2) is 13.6. The van der Waals surface area contributed by atoms with Crippen LogP contribution in [-0.2, 0) is 27.3 Å². The van der Waals surface area contributed by atoms with Gasteiger partial charge in [0.25, 0.3) is 0 Å². The lowest BCUT2D eigenvalue weighted by atomic mass is 9.93. The van der Waals surface area contributed by atoms with Gasteiger partial charge in [-0.25, -0.2) is 0 Å². The maximum atomic E-state index is 13.0. The van der Waals surface area contributed by atoms with Gasteiger partial charge in [0, 0.05) is 45.9 Å². The van der Waals surface area contributed by atoms with Crippen LogP contribution in [0.2, 0.25) is 0 Å². The van der Waals surface area contributed by atoms with Gasteiger partial charge in [-0.15, -0.1) is 0 Å². The van der Waals surface area contributed by atoms with E-state index in [1.54, 1.807) is 4.90 Å². The van der Waals surface area contributed by atoms with Crippen molar-refractivity contribution < 1.29 is 14.3 Å². The Morgan fingerprint density at radius 1 is 1.17 bits per heavy atom. The van der Waals surface area contributed by atoms with Crippen LogP contribution in [0, 0.1) is 11.3 Å². The van der Waals surface area contributed by atoms with Crippen LogP contribution in [-0.4, -0.2) is 73.6 Å². The molecular formula is C27H35N5O3. The average Bonchev–Trinajstić information content (AvgIpc) is 2.90. The van der Waals surface area contributed by atoms with Crippen LogP contribution in [0.15, 0.2) is 54.6 Å². The van der Waals surface area contributed by atoms with Gasteiger partial charge in [0.05, 0.1) is 11.6 Å². The van der Waals surface area contributed by atoms with Crippen molar-refractivity contribution in [3.63, 3.8) is 0 Å². The molecule has 1 fully saturated rings. The highest BCUT2D eigenvalue weighted by Crippen LogP contribution is 2.25. The molecule has 35 heavy (non-hydrogen) atoms. The highest BCUT2D eigenvalue weighted by Gasteiger charge is 2.38. The van der Waals surface area contributed by atoms with Gasteiger partial charge in [-0.1, -0.05) is 42.5 Å². The van der Waals surface area contributed by atoms with E-state index in [-0.39, 0.29) is 24.5 Å². The lowest BCUT2D eigenvalue weighted by molar-refractivity contribution is -0.146. The van der Waals surface area contributed by atoms with Crippen molar-refractivity contribution in [3.8, 4) is 6.07 Å². The Kier molecular flexibility index (Phi) is 10.2. The summed E-state index contributed by atoms with van der Waals surface area (Å²) in [7, 11) is 1.48. The van der Waals surface area contributed by atoms with Crippen LogP contribution in [0.3, 0.4) is 0 Å². The summed E-state index contributed by atoms with van der Waals surface area (Å²) < 4.78 is 5.05. The molecule has 0 bridgehead atoms. The van der Waals surface area contributed by atoms with Crippen molar-refractivity contribution in [3.05, 3.63) is 71.3 Å². The Morgan fingerprint density at radius 3 is 2.57 bits per heavy atom. The minimum Gasteiger partial charge on any atom is -0.375 e. The minimum atomic E-state index is -0.567. The summed E-state index contributed by atoms with van der Waals surface area (Å²) in [5, 5.41) is 12.0. The summed E-state index contributed by atoms with van der Waals surface area (Å²) in [6.07, 6.45) is 2.18. The fourth-order valence-corrected chi connectivity index (χ4v) is 4.57. The number of hydrogen-bond donors (Lipinski definition) is 2. The number of nitrogens with one attached hydrogen (secondary N) is 1. The van der Waals surface area contributed by atoms with Crippen molar-refractivity contribution in [2.45, 2.75) is 37.9 Å². The first-order valence-electron chi connectivity index (χ1n) is 12.1. The molecule has 1 heterocycles. The molecule has 2 aromatic carbocycles. The standard InChI is InChI=1S/C27H35N5O3/c1-35-20-26(33)32-16-12-24(17-25(32)27(34)30-14-13-28)31(15-11-21-5-3-2-4-6-21)19-23-9-7-22(18-29)8-10-23/h2-10,24-25H,11-17,19-20,28H2,1H3,(H,30,34)/t24?,25-/m1/s1. The Hall–Kier alpha value is -3.25. The number of nitrogens with zero attached hydrogens (tertiary/aromatic N) is 3. The number of likely N-dealkylation sites (tertiary alicyclic amines) is 1. The number of ether oxygens (including phenoxy) is 1. The van der Waals surface area contributed by atoms with Crippen molar-refractivity contribution in [2.24, 2.45) is 5.73 Å². The zero-order valence-electron chi connectivity index (χ0n) is 20.4. The number of rotatable bonds is 11. The topological polar surface area (TPSA) is 112 Å². The predicted molar refractivity (Wildman–Crippen MR) is 134 cm³/mol. The normalized spacial score (nSPS) is 17.7. The number of nitrogens with two attached hydrogens (primary N) is 1. The van der Waals surface area contributed by atoms with Gasteiger partial charge in [0.2, 0.25) is 11.8 Å². The Labute approximate surface area is 207 Å². The van der Waals surface area contributed by atoms with Crippen LogP contribution in [0.5, 0.6) is 0 Å². The zero-order valence-corrected chi connectivity index (χ0v) is 20.4. The van der Waals surface area contributed by atoms with Crippen LogP contribution in [0.1, 0.15) is 29.5 Å². The van der Waals surface area contributed by atoms with Crippen LogP contribution in [0.4, 0.5) is 0 Å². The number of nitriles is 1. The summed E-state index contributed by atoms with van der Waals surface area (Å²) in [6, 6.07) is 19.7. The van der Waals surface area contributed by atoms with Gasteiger partial charge in [0.1, 0.15) is 12.6 Å². The van der Waals surface area contributed by atoms with Gasteiger partial charge in [-0.3, -0.25) is 14.5 Å². The molecular weight excluding hydrogens is 442 g/mol. The molecule has 2 aromatic rings. The number of methoxy groups -OCH3 is 1. The minimum absolute atomic E-state index is 0.0473. The van der Waals surface area contributed by atoms with Gasteiger partial charge in [-0.2, -0.15) is 5.26 Å². The summed E-state index contributed by atoms with van der Waals surface area (Å²) in [6.45, 7) is 2.67. The highest BCUT2D eigenvalue weighted by atomic mass is 16.5. The second-order valence-corrected chi connectivity index (χ2v) is 8.81. The first kappa shape index (κ1) is 26.4. The molecule has 3 rings (SSSR count). The molecule has 2 atom stereocenters. The Bertz CT molecular complexity index is 990. The smallest absolute Gasteiger partial charge is 0.249 e. The summed E-state index contributed by atoms with van der Waals surface area (Å²) in [5.41, 5.74) is 8.57. The maximum Gasteiger partial charge on any atom is 0.249 e. The van der Waals surface area contributed by atoms with E-state index in [2.05, 4.69) is 28.4 Å². The Balaban J connectivity index is 1.80. The van der Waals surface area contributed by atoms with Gasteiger partial charge >= 0.3 is 0 Å². The molecule has 1 saturated heterocycles. The summed E-state index contributed by atoms with van der Waals surface area (Å²) >= 11 is 0. The monoisotopic (exact) mass is 477 g/mol. The second-order valence-electron chi connectivity index (χ2n) is 8.81. The number of carbonyl (C=O) groups excluding carboxylic acids is 2. The van der Waals surface area contributed by atoms with E-state index in [4.69, 9.17) is 15.7 Å². The molecule has 2 amide bonds. The van der Waals surface area contributed by atoms with Crippen molar-refractivity contribution >= 4 is 11.8 Å². The first-order valence-corrected chi connectivity index (χ1v) is 12.1. The molecule has 8 heteroatoms. The molecule has 0 spiro atoms. The lowest BCUT2D eigenvalue weighted by Gasteiger charge is -2.43. The summed E-state index contributed by atoms with van der Waals surface area (Å²) in [5.74, 6) is -0.354. The molecule has 3 N–H and O–H groups in total. The highest BCUT2D eigenvalue weighted by molar-refractivity contribution is 5.88. The fraction of sp³-hybridized carbons (Fsp3) is 0.444. The largest absolute Gasteiger partial charge is 0.375 e. The lowest BCUT2D eigenvalue weighted by Crippen LogP contribution is -2.58. The SMILES string of the molecule is COCC(=O)N1CCC(N(CCc2ccccc2)Cc2ccc(C#N)cc2)C[C@@H]1C(=O)NCCN. The average molecular weight is 478 g/mol. The van der Waals surface area contributed by atoms with Gasteiger partial charge in [0.15, 0.2) is 0 Å². The molecule has 0 aliphatic carbocycles. The fourth-order valence-electron chi connectivity index (χ4n) is 4.57. The van der Waals surface area contributed by atoms with E-state index in [1.807, 2.05) is 42.5 Å². The quantitative estimate of drug-likeness (QED) is 0.509. The van der Waals surface area contributed by atoms with E-state index >= 15 is 0 Å². The Morgan fingerprint density at radius 2 is 1.91 bits per heavy atom. The van der Waals surface area contributed by atoms with Crippen LogP contribution >= 0.6 is 0 Å². The van der Waals surface area contributed by atoms with Crippen molar-refractivity contribution in [1.82, 2.24) is 15.1 Å². The molecule has 0 saturated carbocycles. The molecule has 1 aliphatic rings.